The highest BCUT2D eigenvalue weighted by Gasteiger charge is 2.18. The molecule has 0 aliphatic carbocycles. The predicted molar refractivity (Wildman–Crippen MR) is 73.9 cm³/mol. The number of amides is 2. The zero-order valence-electron chi connectivity index (χ0n) is 11.3. The normalized spacial score (nSPS) is 16.6. The number of carbonyl (C=O) groups excluding carboxylic acids is 1. The largest absolute Gasteiger partial charge is 0.478 e. The summed E-state index contributed by atoms with van der Waals surface area (Å²) in [5.74, 6) is -1.07. The van der Waals surface area contributed by atoms with Crippen molar-refractivity contribution in [3.8, 4) is 0 Å². The summed E-state index contributed by atoms with van der Waals surface area (Å²) in [6, 6.07) is 1.20. The van der Waals surface area contributed by atoms with Crippen LogP contribution in [0.15, 0.2) is 18.5 Å². The Bertz CT molecular complexity index is 498. The van der Waals surface area contributed by atoms with Gasteiger partial charge >= 0.3 is 12.0 Å². The van der Waals surface area contributed by atoms with Crippen LogP contribution in [0.3, 0.4) is 0 Å². The van der Waals surface area contributed by atoms with Crippen LogP contribution in [0.4, 0.5) is 10.5 Å². The van der Waals surface area contributed by atoms with Crippen LogP contribution in [0.5, 0.6) is 0 Å². The number of piperidine rings is 1. The van der Waals surface area contributed by atoms with Crippen LogP contribution in [-0.2, 0) is 0 Å². The molecule has 2 heterocycles. The van der Waals surface area contributed by atoms with E-state index in [1.807, 2.05) is 0 Å². The van der Waals surface area contributed by atoms with Crippen molar-refractivity contribution in [3.05, 3.63) is 24.0 Å². The van der Waals surface area contributed by atoms with Crippen molar-refractivity contribution in [2.24, 2.45) is 0 Å². The number of likely N-dealkylation sites (tertiary alicyclic amines) is 1. The van der Waals surface area contributed by atoms with Crippen LogP contribution >= 0.6 is 0 Å². The average molecular weight is 278 g/mol. The van der Waals surface area contributed by atoms with E-state index in [0.29, 0.717) is 5.69 Å². The van der Waals surface area contributed by atoms with Crippen LogP contribution in [0.1, 0.15) is 23.2 Å². The van der Waals surface area contributed by atoms with Crippen molar-refractivity contribution in [3.63, 3.8) is 0 Å². The lowest BCUT2D eigenvalue weighted by atomic mass is 10.1. The number of nitrogens with one attached hydrogen (secondary N) is 2. The molecule has 7 nitrogen and oxygen atoms in total. The van der Waals surface area contributed by atoms with Crippen LogP contribution < -0.4 is 10.6 Å². The molecule has 3 N–H and O–H groups in total. The van der Waals surface area contributed by atoms with Gasteiger partial charge in [0.1, 0.15) is 0 Å². The number of aromatic carboxylic acids is 1. The molecule has 1 aromatic heterocycles. The summed E-state index contributed by atoms with van der Waals surface area (Å²) in [5, 5.41) is 14.3. The first-order valence-electron chi connectivity index (χ1n) is 6.49. The van der Waals surface area contributed by atoms with Crippen LogP contribution in [0.2, 0.25) is 0 Å². The highest BCUT2D eigenvalue weighted by Crippen LogP contribution is 2.10. The summed E-state index contributed by atoms with van der Waals surface area (Å²) in [6.07, 6.45) is 4.48. The van der Waals surface area contributed by atoms with E-state index in [1.54, 1.807) is 0 Å². The fourth-order valence-electron chi connectivity index (χ4n) is 2.13. The number of pyridine rings is 1. The number of nitrogens with zero attached hydrogens (tertiary/aromatic N) is 2. The second kappa shape index (κ2) is 6.33. The molecule has 0 spiro atoms. The van der Waals surface area contributed by atoms with E-state index in [4.69, 9.17) is 5.11 Å². The second-order valence-electron chi connectivity index (χ2n) is 4.94. The van der Waals surface area contributed by atoms with Gasteiger partial charge in [0, 0.05) is 12.2 Å². The van der Waals surface area contributed by atoms with Crippen molar-refractivity contribution in [2.75, 3.05) is 25.5 Å². The van der Waals surface area contributed by atoms with Crippen LogP contribution in [0, 0.1) is 0 Å². The molecule has 1 fully saturated rings. The highest BCUT2D eigenvalue weighted by atomic mass is 16.4. The SMILES string of the molecule is CN1CCC(NC(=O)Nc2cncc(C(=O)O)c2)CC1. The van der Waals surface area contributed by atoms with Crippen LogP contribution in [0.25, 0.3) is 0 Å². The third kappa shape index (κ3) is 3.92. The standard InChI is InChI=1S/C13H18N4O3/c1-17-4-2-10(3-5-17)15-13(20)16-11-6-9(12(18)19)7-14-8-11/h6-8,10H,2-5H2,1H3,(H,18,19)(H2,15,16,20). The Morgan fingerprint density at radius 2 is 2.05 bits per heavy atom. The summed E-state index contributed by atoms with van der Waals surface area (Å²) >= 11 is 0. The third-order valence-corrected chi connectivity index (χ3v) is 3.30. The summed E-state index contributed by atoms with van der Waals surface area (Å²) in [7, 11) is 2.05. The number of rotatable bonds is 3. The number of hydrogen-bond acceptors (Lipinski definition) is 4. The molecule has 1 saturated heterocycles. The zero-order valence-corrected chi connectivity index (χ0v) is 11.3. The number of aromatic nitrogens is 1. The van der Waals surface area contributed by atoms with E-state index in [0.717, 1.165) is 25.9 Å². The maximum atomic E-state index is 11.8. The molecule has 20 heavy (non-hydrogen) atoms. The highest BCUT2D eigenvalue weighted by molar-refractivity contribution is 5.92. The molecule has 0 radical (unpaired) electrons. The minimum Gasteiger partial charge on any atom is -0.478 e. The molecule has 0 unspecified atom stereocenters. The van der Waals surface area contributed by atoms with E-state index in [2.05, 4.69) is 27.6 Å². The van der Waals surface area contributed by atoms with Gasteiger partial charge in [-0.3, -0.25) is 4.98 Å². The van der Waals surface area contributed by atoms with Crippen molar-refractivity contribution in [2.45, 2.75) is 18.9 Å². The molecule has 0 saturated carbocycles. The Morgan fingerprint density at radius 3 is 2.70 bits per heavy atom. The second-order valence-corrected chi connectivity index (χ2v) is 4.94. The molecule has 0 bridgehead atoms. The topological polar surface area (TPSA) is 94.6 Å². The van der Waals surface area contributed by atoms with Crippen molar-refractivity contribution in [1.29, 1.82) is 0 Å². The maximum absolute atomic E-state index is 11.8. The molecule has 108 valence electrons. The molecule has 1 aliphatic rings. The Morgan fingerprint density at radius 1 is 1.35 bits per heavy atom. The number of hydrogen-bond donors (Lipinski definition) is 3. The quantitative estimate of drug-likeness (QED) is 0.766. The van der Waals surface area contributed by atoms with Gasteiger partial charge in [0.15, 0.2) is 0 Å². The first kappa shape index (κ1) is 14.3. The van der Waals surface area contributed by atoms with Gasteiger partial charge < -0.3 is 20.6 Å². The summed E-state index contributed by atoms with van der Waals surface area (Å²) in [5.41, 5.74) is 0.414. The lowest BCUT2D eigenvalue weighted by Gasteiger charge is -2.29. The molecular formula is C13H18N4O3. The molecule has 2 amide bonds. The van der Waals surface area contributed by atoms with Gasteiger partial charge in [0.2, 0.25) is 0 Å². The fraction of sp³-hybridized carbons (Fsp3) is 0.462. The van der Waals surface area contributed by atoms with Gasteiger partial charge in [-0.1, -0.05) is 0 Å². The predicted octanol–water partition coefficient (Wildman–Crippen LogP) is 0.996. The fourth-order valence-corrected chi connectivity index (χ4v) is 2.13. The maximum Gasteiger partial charge on any atom is 0.337 e. The number of carboxylic acids is 1. The minimum absolute atomic E-state index is 0.0436. The van der Waals surface area contributed by atoms with Crippen molar-refractivity contribution in [1.82, 2.24) is 15.2 Å². The van der Waals surface area contributed by atoms with Gasteiger partial charge in [-0.05, 0) is 39.0 Å². The average Bonchev–Trinajstić information content (AvgIpc) is 2.41. The molecule has 2 rings (SSSR count). The third-order valence-electron chi connectivity index (χ3n) is 3.30. The smallest absolute Gasteiger partial charge is 0.337 e. The number of carboxylic acid groups (broad SMARTS) is 1. The van der Waals surface area contributed by atoms with E-state index < -0.39 is 5.97 Å². The Balaban J connectivity index is 1.88. The monoisotopic (exact) mass is 278 g/mol. The summed E-state index contributed by atoms with van der Waals surface area (Å²) in [6.45, 7) is 1.92. The van der Waals surface area contributed by atoms with Crippen molar-refractivity contribution >= 4 is 17.7 Å². The first-order chi connectivity index (χ1) is 9.54. The van der Waals surface area contributed by atoms with Crippen LogP contribution in [-0.4, -0.2) is 53.2 Å². The first-order valence-corrected chi connectivity index (χ1v) is 6.49. The zero-order chi connectivity index (χ0) is 14.5. The minimum atomic E-state index is -1.07. The summed E-state index contributed by atoms with van der Waals surface area (Å²) in [4.78, 5) is 28.7. The summed E-state index contributed by atoms with van der Waals surface area (Å²) < 4.78 is 0. The lowest BCUT2D eigenvalue weighted by molar-refractivity contribution is 0.0696. The Labute approximate surface area is 117 Å². The molecule has 1 aliphatic heterocycles. The molecule has 0 atom stereocenters. The van der Waals surface area contributed by atoms with Gasteiger partial charge in [-0.25, -0.2) is 9.59 Å². The molecule has 7 heteroatoms. The Kier molecular flexibility index (Phi) is 4.52. The number of anilines is 1. The van der Waals surface area contributed by atoms with Gasteiger partial charge in [-0.2, -0.15) is 0 Å². The molecular weight excluding hydrogens is 260 g/mol. The van der Waals surface area contributed by atoms with Gasteiger partial charge in [0.05, 0.1) is 17.4 Å². The number of carbonyl (C=O) groups is 2. The van der Waals surface area contributed by atoms with Gasteiger partial charge in [0.25, 0.3) is 0 Å². The van der Waals surface area contributed by atoms with E-state index in [1.165, 1.54) is 18.5 Å². The van der Waals surface area contributed by atoms with Crippen molar-refractivity contribution < 1.29 is 14.7 Å². The van der Waals surface area contributed by atoms with E-state index >= 15 is 0 Å². The van der Waals surface area contributed by atoms with Gasteiger partial charge in [-0.15, -0.1) is 0 Å². The number of urea groups is 1. The Hall–Kier alpha value is -2.15. The lowest BCUT2D eigenvalue weighted by Crippen LogP contribution is -2.44. The molecule has 0 aromatic carbocycles. The molecule has 1 aromatic rings. The van der Waals surface area contributed by atoms with E-state index in [9.17, 15) is 9.59 Å². The van der Waals surface area contributed by atoms with E-state index in [-0.39, 0.29) is 17.6 Å².